The Labute approximate surface area is 154 Å². The molecule has 0 N–H and O–H groups in total. The van der Waals surface area contributed by atoms with Crippen LogP contribution in [0.4, 0.5) is 0 Å². The van der Waals surface area contributed by atoms with Crippen LogP contribution >= 0.6 is 0 Å². The summed E-state index contributed by atoms with van der Waals surface area (Å²) < 4.78 is 0. The van der Waals surface area contributed by atoms with Gasteiger partial charge in [0.05, 0.1) is 0 Å². The van der Waals surface area contributed by atoms with Crippen molar-refractivity contribution >= 4 is 11.8 Å². The minimum absolute atomic E-state index is 0.0634. The normalized spacial score (nSPS) is 22.6. The number of amides is 2. The van der Waals surface area contributed by atoms with E-state index < -0.39 is 0 Å². The van der Waals surface area contributed by atoms with Gasteiger partial charge in [-0.15, -0.1) is 0 Å². The zero-order valence-electron chi connectivity index (χ0n) is 14.9. The van der Waals surface area contributed by atoms with Crippen LogP contribution in [0.2, 0.25) is 0 Å². The van der Waals surface area contributed by atoms with Crippen LogP contribution in [0.15, 0.2) is 60.7 Å². The lowest BCUT2D eigenvalue weighted by molar-refractivity contribution is -0.132. The van der Waals surface area contributed by atoms with E-state index in [4.69, 9.17) is 0 Å². The van der Waals surface area contributed by atoms with E-state index in [2.05, 4.69) is 12.1 Å². The van der Waals surface area contributed by atoms with E-state index >= 15 is 0 Å². The average Bonchev–Trinajstić information content (AvgIpc) is 3.52. The SMILES string of the molecule is O=C(c1ccccc1)N1CCCN(C(=O)[C@H]2C[C@H]2c2ccccc2)CC1. The van der Waals surface area contributed by atoms with Crippen molar-refractivity contribution in [2.24, 2.45) is 5.92 Å². The Morgan fingerprint density at radius 2 is 1.38 bits per heavy atom. The molecular weight excluding hydrogens is 324 g/mol. The molecule has 26 heavy (non-hydrogen) atoms. The second kappa shape index (κ2) is 7.32. The van der Waals surface area contributed by atoms with E-state index in [-0.39, 0.29) is 17.7 Å². The Balaban J connectivity index is 1.35. The molecule has 0 spiro atoms. The summed E-state index contributed by atoms with van der Waals surface area (Å²) in [6, 6.07) is 19.7. The zero-order valence-corrected chi connectivity index (χ0v) is 14.9. The Morgan fingerprint density at radius 3 is 2.12 bits per heavy atom. The zero-order chi connectivity index (χ0) is 17.9. The minimum atomic E-state index is 0.0634. The van der Waals surface area contributed by atoms with Crippen molar-refractivity contribution in [1.82, 2.24) is 9.80 Å². The molecule has 0 unspecified atom stereocenters. The van der Waals surface area contributed by atoms with Gasteiger partial charge in [-0.25, -0.2) is 0 Å². The monoisotopic (exact) mass is 348 g/mol. The summed E-state index contributed by atoms with van der Waals surface area (Å²) in [4.78, 5) is 29.3. The van der Waals surface area contributed by atoms with E-state index in [0.29, 0.717) is 25.6 Å². The first-order chi connectivity index (χ1) is 12.7. The smallest absolute Gasteiger partial charge is 0.253 e. The van der Waals surface area contributed by atoms with E-state index in [9.17, 15) is 9.59 Å². The quantitative estimate of drug-likeness (QED) is 0.855. The highest BCUT2D eigenvalue weighted by Crippen LogP contribution is 2.48. The fourth-order valence-electron chi connectivity index (χ4n) is 3.88. The maximum Gasteiger partial charge on any atom is 0.253 e. The first-order valence-electron chi connectivity index (χ1n) is 9.42. The number of hydrogen-bond donors (Lipinski definition) is 0. The molecule has 1 saturated heterocycles. The molecule has 0 bridgehead atoms. The molecule has 0 aromatic heterocycles. The van der Waals surface area contributed by atoms with Gasteiger partial charge >= 0.3 is 0 Å². The van der Waals surface area contributed by atoms with Gasteiger partial charge < -0.3 is 9.80 Å². The molecule has 2 amide bonds. The third kappa shape index (κ3) is 3.50. The summed E-state index contributed by atoms with van der Waals surface area (Å²) >= 11 is 0. The molecule has 2 fully saturated rings. The van der Waals surface area contributed by atoms with Gasteiger partial charge in [-0.1, -0.05) is 48.5 Å². The molecule has 2 atom stereocenters. The minimum Gasteiger partial charge on any atom is -0.341 e. The van der Waals surface area contributed by atoms with Crippen LogP contribution in [0.1, 0.15) is 34.7 Å². The molecule has 0 radical (unpaired) electrons. The van der Waals surface area contributed by atoms with Crippen LogP contribution < -0.4 is 0 Å². The third-order valence-electron chi connectivity index (χ3n) is 5.45. The van der Waals surface area contributed by atoms with Crippen molar-refractivity contribution in [3.63, 3.8) is 0 Å². The average molecular weight is 348 g/mol. The molecule has 4 heteroatoms. The van der Waals surface area contributed by atoms with Gasteiger partial charge in [0.25, 0.3) is 5.91 Å². The molecule has 4 rings (SSSR count). The van der Waals surface area contributed by atoms with Gasteiger partial charge in [-0.3, -0.25) is 9.59 Å². The number of hydrogen-bond acceptors (Lipinski definition) is 2. The van der Waals surface area contributed by atoms with E-state index in [1.807, 2.05) is 58.3 Å². The van der Waals surface area contributed by atoms with Crippen molar-refractivity contribution in [3.8, 4) is 0 Å². The van der Waals surface area contributed by atoms with Gasteiger partial charge in [0.2, 0.25) is 5.91 Å². The first kappa shape index (κ1) is 16.8. The Bertz CT molecular complexity index is 775. The first-order valence-corrected chi connectivity index (χ1v) is 9.42. The van der Waals surface area contributed by atoms with Crippen LogP contribution in [0.5, 0.6) is 0 Å². The lowest BCUT2D eigenvalue weighted by Crippen LogP contribution is -2.38. The maximum absolute atomic E-state index is 12.9. The Hall–Kier alpha value is -2.62. The fraction of sp³-hybridized carbons (Fsp3) is 0.364. The number of nitrogens with zero attached hydrogens (tertiary/aromatic N) is 2. The van der Waals surface area contributed by atoms with Crippen LogP contribution in [0, 0.1) is 5.92 Å². The predicted molar refractivity (Wildman–Crippen MR) is 101 cm³/mol. The van der Waals surface area contributed by atoms with Crippen LogP contribution in [0.3, 0.4) is 0 Å². The van der Waals surface area contributed by atoms with Gasteiger partial charge in [0, 0.05) is 37.7 Å². The molecule has 1 aliphatic heterocycles. The summed E-state index contributed by atoms with van der Waals surface area (Å²) in [5.74, 6) is 0.809. The van der Waals surface area contributed by atoms with E-state index in [0.717, 1.165) is 24.9 Å². The van der Waals surface area contributed by atoms with E-state index in [1.54, 1.807) is 0 Å². The summed E-state index contributed by atoms with van der Waals surface area (Å²) in [5.41, 5.74) is 1.99. The van der Waals surface area contributed by atoms with Gasteiger partial charge in [-0.05, 0) is 36.5 Å². The number of rotatable bonds is 3. The lowest BCUT2D eigenvalue weighted by atomic mass is 10.1. The topological polar surface area (TPSA) is 40.6 Å². The van der Waals surface area contributed by atoms with Crippen molar-refractivity contribution < 1.29 is 9.59 Å². The Morgan fingerprint density at radius 1 is 0.769 bits per heavy atom. The summed E-state index contributed by atoms with van der Waals surface area (Å²) in [6.45, 7) is 2.71. The van der Waals surface area contributed by atoms with Gasteiger partial charge in [0.15, 0.2) is 0 Å². The molecule has 2 aromatic rings. The third-order valence-corrected chi connectivity index (χ3v) is 5.45. The largest absolute Gasteiger partial charge is 0.341 e. The standard InChI is InChI=1S/C22H24N2O2/c25-21(18-10-5-2-6-11-18)23-12-7-13-24(15-14-23)22(26)20-16-19(20)17-8-3-1-4-9-17/h1-6,8-11,19-20H,7,12-16H2/t19-,20-/m0/s1. The van der Waals surface area contributed by atoms with Crippen LogP contribution in [-0.4, -0.2) is 47.8 Å². The molecule has 134 valence electrons. The molecule has 2 aliphatic rings. The van der Waals surface area contributed by atoms with E-state index in [1.165, 1.54) is 5.56 Å². The van der Waals surface area contributed by atoms with Crippen molar-refractivity contribution in [1.29, 1.82) is 0 Å². The molecule has 1 heterocycles. The fourth-order valence-corrected chi connectivity index (χ4v) is 3.88. The summed E-state index contributed by atoms with van der Waals surface area (Å²) in [7, 11) is 0. The van der Waals surface area contributed by atoms with Gasteiger partial charge in [-0.2, -0.15) is 0 Å². The van der Waals surface area contributed by atoms with Crippen LogP contribution in [-0.2, 0) is 4.79 Å². The second-order valence-corrected chi connectivity index (χ2v) is 7.20. The van der Waals surface area contributed by atoms with Crippen LogP contribution in [0.25, 0.3) is 0 Å². The highest BCUT2D eigenvalue weighted by Gasteiger charge is 2.45. The number of carbonyl (C=O) groups is 2. The van der Waals surface area contributed by atoms with Gasteiger partial charge in [0.1, 0.15) is 0 Å². The van der Waals surface area contributed by atoms with Crippen molar-refractivity contribution in [3.05, 3.63) is 71.8 Å². The summed E-state index contributed by atoms with van der Waals surface area (Å²) in [6.07, 6.45) is 1.79. The molecule has 2 aromatic carbocycles. The molecular formula is C22H24N2O2. The highest BCUT2D eigenvalue weighted by molar-refractivity contribution is 5.94. The second-order valence-electron chi connectivity index (χ2n) is 7.20. The number of carbonyl (C=O) groups excluding carboxylic acids is 2. The number of benzene rings is 2. The molecule has 4 nitrogen and oxygen atoms in total. The van der Waals surface area contributed by atoms with Crippen molar-refractivity contribution in [2.45, 2.75) is 18.8 Å². The lowest BCUT2D eigenvalue weighted by Gasteiger charge is -2.22. The highest BCUT2D eigenvalue weighted by atomic mass is 16.2. The molecule has 1 saturated carbocycles. The predicted octanol–water partition coefficient (Wildman–Crippen LogP) is 3.16. The summed E-state index contributed by atoms with van der Waals surface area (Å²) in [5, 5.41) is 0. The molecule has 1 aliphatic carbocycles. The maximum atomic E-state index is 12.9. The van der Waals surface area contributed by atoms with Crippen molar-refractivity contribution in [2.75, 3.05) is 26.2 Å². The Kier molecular flexibility index (Phi) is 4.74.